The van der Waals surface area contributed by atoms with E-state index in [0.717, 1.165) is 0 Å². The molecule has 0 saturated carbocycles. The zero-order valence-corrected chi connectivity index (χ0v) is 8.75. The van der Waals surface area contributed by atoms with Crippen LogP contribution in [0.5, 0.6) is 5.75 Å². The van der Waals surface area contributed by atoms with E-state index in [-0.39, 0.29) is 5.78 Å². The first-order valence-corrected chi connectivity index (χ1v) is 4.91. The van der Waals surface area contributed by atoms with Crippen LogP contribution in [0.25, 0.3) is 0 Å². The van der Waals surface area contributed by atoms with E-state index in [1.54, 1.807) is 18.3 Å². The Bertz CT molecular complexity index is 315. The Hall–Kier alpha value is -1.09. The van der Waals surface area contributed by atoms with E-state index in [4.69, 9.17) is 16.3 Å². The van der Waals surface area contributed by atoms with Crippen LogP contribution in [0.15, 0.2) is 18.3 Å². The summed E-state index contributed by atoms with van der Waals surface area (Å²) in [6, 6.07) is 3.46. The van der Waals surface area contributed by atoms with Crippen LogP contribution < -0.4 is 4.74 Å². The second-order valence-corrected chi connectivity index (χ2v) is 3.15. The van der Waals surface area contributed by atoms with E-state index < -0.39 is 0 Å². The van der Waals surface area contributed by atoms with Crippen molar-refractivity contribution in [3.05, 3.63) is 24.0 Å². The third-order valence-corrected chi connectivity index (χ3v) is 2.06. The predicted molar refractivity (Wildman–Crippen MR) is 55.1 cm³/mol. The van der Waals surface area contributed by atoms with Crippen LogP contribution in [0.2, 0.25) is 0 Å². The molecule has 0 amide bonds. The number of methoxy groups -OCH3 is 1. The molecular formula is C10H12ClNO2. The van der Waals surface area contributed by atoms with Crippen molar-refractivity contribution in [2.24, 2.45) is 0 Å². The van der Waals surface area contributed by atoms with Gasteiger partial charge in [0.2, 0.25) is 0 Å². The number of nitrogens with zero attached hydrogens (tertiary/aromatic N) is 1. The molecule has 4 heteroatoms. The number of ketones is 1. The number of rotatable bonds is 5. The maximum absolute atomic E-state index is 11.6. The van der Waals surface area contributed by atoms with Crippen LogP contribution in [-0.2, 0) is 0 Å². The average Bonchev–Trinajstić information content (AvgIpc) is 2.25. The number of halogens is 1. The molecule has 1 rings (SSSR count). The van der Waals surface area contributed by atoms with Gasteiger partial charge < -0.3 is 4.74 Å². The number of ether oxygens (including phenoxy) is 1. The number of pyridine rings is 1. The first-order valence-electron chi connectivity index (χ1n) is 4.37. The fourth-order valence-electron chi connectivity index (χ4n) is 1.11. The van der Waals surface area contributed by atoms with Gasteiger partial charge in [0.15, 0.2) is 5.78 Å². The van der Waals surface area contributed by atoms with Gasteiger partial charge in [-0.25, -0.2) is 4.98 Å². The summed E-state index contributed by atoms with van der Waals surface area (Å²) in [4.78, 5) is 15.6. The molecule has 0 saturated heterocycles. The lowest BCUT2D eigenvalue weighted by atomic mass is 10.1. The first-order chi connectivity index (χ1) is 6.79. The highest BCUT2D eigenvalue weighted by Gasteiger charge is 2.12. The number of alkyl halides is 1. The van der Waals surface area contributed by atoms with Crippen molar-refractivity contribution in [1.82, 2.24) is 4.98 Å². The molecule has 1 aromatic heterocycles. The molecule has 3 nitrogen and oxygen atoms in total. The van der Waals surface area contributed by atoms with Gasteiger partial charge in [0.1, 0.15) is 11.4 Å². The van der Waals surface area contributed by atoms with Crippen molar-refractivity contribution in [1.29, 1.82) is 0 Å². The summed E-state index contributed by atoms with van der Waals surface area (Å²) in [5.41, 5.74) is 0.389. The standard InChI is InChI=1S/C10H12ClNO2/c1-14-9-5-3-7-12-10(9)8(13)4-2-6-11/h3,5,7H,2,4,6H2,1H3. The van der Waals surface area contributed by atoms with Gasteiger partial charge in [0.05, 0.1) is 7.11 Å². The lowest BCUT2D eigenvalue weighted by Crippen LogP contribution is -2.04. The second kappa shape index (κ2) is 5.60. The Morgan fingerprint density at radius 2 is 2.43 bits per heavy atom. The van der Waals surface area contributed by atoms with Gasteiger partial charge in [-0.05, 0) is 18.6 Å². The molecule has 1 heterocycles. The molecule has 0 aliphatic heterocycles. The quantitative estimate of drug-likeness (QED) is 0.557. The third-order valence-electron chi connectivity index (χ3n) is 1.79. The second-order valence-electron chi connectivity index (χ2n) is 2.77. The summed E-state index contributed by atoms with van der Waals surface area (Å²) in [5.74, 6) is 0.983. The minimum atomic E-state index is -0.0249. The van der Waals surface area contributed by atoms with E-state index in [9.17, 15) is 4.79 Å². The smallest absolute Gasteiger partial charge is 0.185 e. The maximum atomic E-state index is 11.6. The maximum Gasteiger partial charge on any atom is 0.185 e. The van der Waals surface area contributed by atoms with Gasteiger partial charge in [-0.2, -0.15) is 0 Å². The fraction of sp³-hybridized carbons (Fsp3) is 0.400. The Kier molecular flexibility index (Phi) is 4.40. The monoisotopic (exact) mass is 213 g/mol. The lowest BCUT2D eigenvalue weighted by molar-refractivity contribution is 0.0974. The van der Waals surface area contributed by atoms with E-state index in [1.165, 1.54) is 7.11 Å². The number of hydrogen-bond donors (Lipinski definition) is 0. The highest BCUT2D eigenvalue weighted by atomic mass is 35.5. The first kappa shape index (κ1) is 11.0. The fourth-order valence-corrected chi connectivity index (χ4v) is 1.24. The zero-order chi connectivity index (χ0) is 10.4. The highest BCUT2D eigenvalue weighted by molar-refractivity contribution is 6.18. The summed E-state index contributed by atoms with van der Waals surface area (Å²) in [7, 11) is 1.52. The van der Waals surface area contributed by atoms with Crippen LogP contribution in [0.3, 0.4) is 0 Å². The minimum Gasteiger partial charge on any atom is -0.494 e. The van der Waals surface area contributed by atoms with E-state index in [2.05, 4.69) is 4.98 Å². The number of carbonyl (C=O) groups is 1. The molecule has 0 aliphatic rings. The molecule has 0 bridgehead atoms. The van der Waals surface area contributed by atoms with E-state index in [0.29, 0.717) is 30.2 Å². The summed E-state index contributed by atoms with van der Waals surface area (Å²) >= 11 is 5.50. The SMILES string of the molecule is COc1cccnc1C(=O)CCCCl. The number of Topliss-reactive ketones (excluding diaryl/α,β-unsaturated/α-hetero) is 1. The molecule has 14 heavy (non-hydrogen) atoms. The van der Waals surface area contributed by atoms with Crippen LogP contribution >= 0.6 is 11.6 Å². The zero-order valence-electron chi connectivity index (χ0n) is 8.00. The summed E-state index contributed by atoms with van der Waals surface area (Å²) in [5, 5.41) is 0. The molecule has 0 N–H and O–H groups in total. The number of aromatic nitrogens is 1. The summed E-state index contributed by atoms with van der Waals surface area (Å²) < 4.78 is 5.03. The van der Waals surface area contributed by atoms with Crippen LogP contribution in [0.4, 0.5) is 0 Å². The largest absolute Gasteiger partial charge is 0.494 e. The molecule has 0 aliphatic carbocycles. The number of hydrogen-bond acceptors (Lipinski definition) is 3. The van der Waals surface area contributed by atoms with Crippen molar-refractivity contribution in [3.63, 3.8) is 0 Å². The average molecular weight is 214 g/mol. The van der Waals surface area contributed by atoms with Crippen molar-refractivity contribution in [2.75, 3.05) is 13.0 Å². The highest BCUT2D eigenvalue weighted by Crippen LogP contribution is 2.16. The molecule has 0 unspecified atom stereocenters. The van der Waals surface area contributed by atoms with Gasteiger partial charge in [0, 0.05) is 18.5 Å². The molecule has 76 valence electrons. The Morgan fingerprint density at radius 3 is 3.07 bits per heavy atom. The van der Waals surface area contributed by atoms with Crippen molar-refractivity contribution >= 4 is 17.4 Å². The van der Waals surface area contributed by atoms with Crippen LogP contribution in [-0.4, -0.2) is 23.8 Å². The third kappa shape index (κ3) is 2.70. The summed E-state index contributed by atoms with van der Waals surface area (Å²) in [6.45, 7) is 0. The van der Waals surface area contributed by atoms with Crippen molar-refractivity contribution in [2.45, 2.75) is 12.8 Å². The van der Waals surface area contributed by atoms with Gasteiger partial charge >= 0.3 is 0 Å². The predicted octanol–water partition coefficient (Wildman–Crippen LogP) is 2.29. The Labute approximate surface area is 88.1 Å². The lowest BCUT2D eigenvalue weighted by Gasteiger charge is -2.04. The molecule has 0 fully saturated rings. The van der Waals surface area contributed by atoms with Gasteiger partial charge in [-0.15, -0.1) is 11.6 Å². The number of carbonyl (C=O) groups excluding carboxylic acids is 1. The van der Waals surface area contributed by atoms with Crippen LogP contribution in [0, 0.1) is 0 Å². The normalized spacial score (nSPS) is 9.86. The van der Waals surface area contributed by atoms with E-state index >= 15 is 0 Å². The molecule has 0 atom stereocenters. The molecule has 0 aromatic carbocycles. The van der Waals surface area contributed by atoms with Gasteiger partial charge in [0.25, 0.3) is 0 Å². The molecule has 0 spiro atoms. The Morgan fingerprint density at radius 1 is 1.64 bits per heavy atom. The molecular weight excluding hydrogens is 202 g/mol. The molecule has 0 radical (unpaired) electrons. The minimum absolute atomic E-state index is 0.0249. The van der Waals surface area contributed by atoms with E-state index in [1.807, 2.05) is 0 Å². The van der Waals surface area contributed by atoms with Crippen LogP contribution in [0.1, 0.15) is 23.3 Å². The topological polar surface area (TPSA) is 39.2 Å². The van der Waals surface area contributed by atoms with Gasteiger partial charge in [-0.1, -0.05) is 0 Å². The van der Waals surface area contributed by atoms with Gasteiger partial charge in [-0.3, -0.25) is 4.79 Å². The Balaban J connectivity index is 2.78. The van der Waals surface area contributed by atoms with Crippen molar-refractivity contribution in [3.8, 4) is 5.75 Å². The van der Waals surface area contributed by atoms with Crippen molar-refractivity contribution < 1.29 is 9.53 Å². The summed E-state index contributed by atoms with van der Waals surface area (Å²) in [6.07, 6.45) is 2.66. The molecule has 1 aromatic rings.